The number of pyridine rings is 1. The molecule has 2 aromatic heterocycles. The number of ketones is 1. The van der Waals surface area contributed by atoms with Gasteiger partial charge >= 0.3 is 0 Å². The number of ether oxygens (including phenoxy) is 2. The molecule has 3 aliphatic rings. The molecule has 4 aromatic carbocycles. The summed E-state index contributed by atoms with van der Waals surface area (Å²) in [6, 6.07) is 23.2. The molecular weight excluding hydrogens is 787 g/mol. The number of carbonyl (C=O) groups is 1. The maximum absolute atomic E-state index is 15.9. The average molecular weight is 837 g/mol. The number of anilines is 2. The Kier molecular flexibility index (Phi) is 10.8. The summed E-state index contributed by atoms with van der Waals surface area (Å²) in [5.74, 6) is -2.43. The molecule has 1 spiro atoms. The molecule has 1 saturated carbocycles. The van der Waals surface area contributed by atoms with Gasteiger partial charge in [-0.15, -0.1) is 0 Å². The Hall–Kier alpha value is -6.50. The zero-order chi connectivity index (χ0) is 43.3. The molecule has 6 aromatic rings. The van der Waals surface area contributed by atoms with Crippen molar-refractivity contribution < 1.29 is 44.9 Å². The number of nitrogens with zero attached hydrogens (tertiary/aromatic N) is 2. The van der Waals surface area contributed by atoms with Crippen LogP contribution in [0.15, 0.2) is 97.3 Å². The second kappa shape index (κ2) is 16.4. The lowest BCUT2D eigenvalue weighted by Crippen LogP contribution is -2.51. The van der Waals surface area contributed by atoms with Gasteiger partial charge in [-0.1, -0.05) is 36.4 Å². The number of allylic oxidation sites excluding steroid dienone is 1. The normalized spacial score (nSPS) is 23.6. The topological polar surface area (TPSA) is 196 Å². The van der Waals surface area contributed by atoms with Crippen molar-refractivity contribution in [3.8, 4) is 34.5 Å². The SMILES string of the molecule is COc1cc(CC[C@@H](O)[C@@H]2C(=O)C[C@@H](c3cc(O)c(O)c(OC)c3)C[C@@H]3C=Cc4cc(O)cc5ccc(c3c45)Nc3cc(ccn3)[C@@]23CC[C@@H](O)[C@H]3Cc2ccc[n-]2)ccc1O. The second-order valence-electron chi connectivity index (χ2n) is 17.0. The lowest BCUT2D eigenvalue weighted by molar-refractivity contribution is -0.132. The third-order valence-electron chi connectivity index (χ3n) is 13.7. The number of Topliss-reactive ketones (excluding diaryl/α,β-unsaturated/α-hetero) is 1. The van der Waals surface area contributed by atoms with E-state index in [2.05, 4.69) is 16.4 Å². The van der Waals surface area contributed by atoms with Gasteiger partial charge in [-0.25, -0.2) is 4.98 Å². The molecule has 0 amide bonds. The number of aromatic nitrogens is 2. The minimum absolute atomic E-state index is 0.00700. The molecule has 1 fully saturated rings. The summed E-state index contributed by atoms with van der Waals surface area (Å²) in [5, 5.41) is 73.0. The number of nitrogens with one attached hydrogen (secondary N) is 1. The van der Waals surface area contributed by atoms with Gasteiger partial charge in [0.25, 0.3) is 0 Å². The van der Waals surface area contributed by atoms with E-state index in [0.29, 0.717) is 49.2 Å². The van der Waals surface area contributed by atoms with Gasteiger partial charge in [0, 0.05) is 29.6 Å². The smallest absolute Gasteiger partial charge is 0.200 e. The zero-order valence-electron chi connectivity index (χ0n) is 34.5. The maximum Gasteiger partial charge on any atom is 0.200 e. The molecular formula is C50H50N3O9-. The van der Waals surface area contributed by atoms with Crippen LogP contribution < -0.4 is 19.8 Å². The molecule has 0 unspecified atom stereocenters. The fourth-order valence-electron chi connectivity index (χ4n) is 10.8. The number of phenolic OH excluding ortho intramolecular Hbond substituents is 4. The van der Waals surface area contributed by atoms with Crippen LogP contribution in [-0.4, -0.2) is 67.8 Å². The van der Waals surface area contributed by atoms with E-state index in [1.54, 1.807) is 48.8 Å². The third-order valence-corrected chi connectivity index (χ3v) is 13.7. The number of aryl methyl sites for hydroxylation is 1. The number of hydrogen-bond donors (Lipinski definition) is 7. The van der Waals surface area contributed by atoms with Crippen LogP contribution in [0.4, 0.5) is 11.5 Å². The van der Waals surface area contributed by atoms with Crippen LogP contribution in [0, 0.1) is 11.8 Å². The monoisotopic (exact) mass is 836 g/mol. The van der Waals surface area contributed by atoms with Gasteiger partial charge in [0.1, 0.15) is 17.4 Å². The first-order valence-electron chi connectivity index (χ1n) is 21.1. The minimum atomic E-state index is -1.20. The van der Waals surface area contributed by atoms with E-state index in [9.17, 15) is 30.6 Å². The number of aromatic hydroxyl groups is 4. The van der Waals surface area contributed by atoms with Crippen molar-refractivity contribution in [3.05, 3.63) is 131 Å². The van der Waals surface area contributed by atoms with Gasteiger partial charge in [-0.3, -0.25) is 4.79 Å². The molecule has 0 radical (unpaired) electrons. The Morgan fingerprint density at radius 1 is 0.952 bits per heavy atom. The van der Waals surface area contributed by atoms with E-state index in [4.69, 9.17) is 14.5 Å². The van der Waals surface area contributed by atoms with Gasteiger partial charge in [0.15, 0.2) is 23.0 Å². The number of aliphatic hydroxyl groups is 2. The van der Waals surface area contributed by atoms with Crippen molar-refractivity contribution in [3.63, 3.8) is 0 Å². The van der Waals surface area contributed by atoms with Crippen molar-refractivity contribution in [2.24, 2.45) is 11.8 Å². The van der Waals surface area contributed by atoms with Crippen LogP contribution in [-0.2, 0) is 23.1 Å². The summed E-state index contributed by atoms with van der Waals surface area (Å²) in [5.41, 5.74) is 4.37. The summed E-state index contributed by atoms with van der Waals surface area (Å²) >= 11 is 0. The highest BCUT2D eigenvalue weighted by molar-refractivity contribution is 6.00. The van der Waals surface area contributed by atoms with Crippen molar-refractivity contribution in [1.82, 2.24) is 9.97 Å². The molecule has 62 heavy (non-hydrogen) atoms. The molecule has 1 aliphatic heterocycles. The minimum Gasteiger partial charge on any atom is -0.668 e. The highest BCUT2D eigenvalue weighted by Gasteiger charge is 2.57. The predicted octanol–water partition coefficient (Wildman–Crippen LogP) is 7.89. The number of hydrogen-bond acceptors (Lipinski definition) is 11. The van der Waals surface area contributed by atoms with Crippen LogP contribution in [0.2, 0.25) is 0 Å². The fraction of sp³-hybridized carbons (Fsp3) is 0.320. The van der Waals surface area contributed by atoms with Crippen molar-refractivity contribution in [2.45, 2.75) is 74.4 Å². The highest BCUT2D eigenvalue weighted by Crippen LogP contribution is 2.56. The number of methoxy groups -OCH3 is 2. The van der Waals surface area contributed by atoms with Crippen molar-refractivity contribution in [2.75, 3.05) is 19.5 Å². The number of rotatable bonds is 9. The second-order valence-corrected chi connectivity index (χ2v) is 17.0. The summed E-state index contributed by atoms with van der Waals surface area (Å²) in [6.07, 6.45) is 7.42. The molecule has 2 bridgehead atoms. The van der Waals surface area contributed by atoms with Gasteiger partial charge in [-0.05, 0) is 144 Å². The number of aliphatic hydroxyl groups excluding tert-OH is 2. The molecule has 0 saturated heterocycles. The Morgan fingerprint density at radius 2 is 1.79 bits per heavy atom. The van der Waals surface area contributed by atoms with E-state index in [1.165, 1.54) is 20.3 Å². The summed E-state index contributed by atoms with van der Waals surface area (Å²) in [7, 11) is 2.87. The molecule has 3 heterocycles. The van der Waals surface area contributed by atoms with Crippen LogP contribution >= 0.6 is 0 Å². The first-order chi connectivity index (χ1) is 30.0. The van der Waals surface area contributed by atoms with E-state index >= 15 is 4.79 Å². The molecule has 12 nitrogen and oxygen atoms in total. The average Bonchev–Trinajstić information content (AvgIpc) is 3.90. The summed E-state index contributed by atoms with van der Waals surface area (Å²) < 4.78 is 10.9. The molecule has 320 valence electrons. The van der Waals surface area contributed by atoms with Crippen LogP contribution in [0.5, 0.6) is 34.5 Å². The number of phenols is 4. The van der Waals surface area contributed by atoms with Crippen LogP contribution in [0.1, 0.15) is 77.5 Å². The van der Waals surface area contributed by atoms with Crippen LogP contribution in [0.3, 0.4) is 0 Å². The molecule has 9 rings (SSSR count). The van der Waals surface area contributed by atoms with Crippen molar-refractivity contribution >= 4 is 34.1 Å². The lowest BCUT2D eigenvalue weighted by Gasteiger charge is -2.46. The van der Waals surface area contributed by atoms with E-state index in [0.717, 1.165) is 44.4 Å². The highest BCUT2D eigenvalue weighted by atomic mass is 16.5. The summed E-state index contributed by atoms with van der Waals surface area (Å²) in [4.78, 5) is 25.3. The standard InChI is InChI=1S/C50H50N3O9/c1-61-43-18-27(5-11-39(43)56)6-12-40(57)48-41(58)22-31(32-23-42(59)49(60)44(24-32)62-2)19-28-7-8-29-20-35(54)21-30-9-10-37(47(28)46(29)30)53-45-25-33(14-17-52-45)50(48)15-13-38(55)36(50)26-34-4-3-16-51-34/h3-5,7-11,14,16-18,20-21,23-25,28,31,36,38,40,48,54-57,59-60H,6,12-13,15,19,22,26H2,1-2H3,(H,52,53)/q-1/t28-,31-,36+,38+,40+,48+,50+/m0/s1. The third kappa shape index (κ3) is 7.26. The Balaban J connectivity index is 1.25. The van der Waals surface area contributed by atoms with Gasteiger partial charge in [0.05, 0.1) is 32.3 Å². The van der Waals surface area contributed by atoms with Gasteiger partial charge < -0.3 is 50.4 Å². The van der Waals surface area contributed by atoms with Gasteiger partial charge in [-0.2, -0.15) is 11.9 Å². The van der Waals surface area contributed by atoms with E-state index in [-0.39, 0.29) is 47.5 Å². The van der Waals surface area contributed by atoms with E-state index in [1.807, 2.05) is 42.5 Å². The van der Waals surface area contributed by atoms with Gasteiger partial charge in [0.2, 0.25) is 5.75 Å². The molecule has 12 heteroatoms. The van der Waals surface area contributed by atoms with Crippen LogP contribution in [0.25, 0.3) is 16.8 Å². The molecule has 7 N–H and O–H groups in total. The predicted molar refractivity (Wildman–Crippen MR) is 235 cm³/mol. The molecule has 7 atom stereocenters. The Bertz CT molecular complexity index is 2680. The Morgan fingerprint density at radius 3 is 2.58 bits per heavy atom. The quantitative estimate of drug-likeness (QED) is 0.0697. The number of benzene rings is 4. The zero-order valence-corrected chi connectivity index (χ0v) is 34.5. The number of carbonyl (C=O) groups excluding carboxylic acids is 1. The first-order valence-corrected chi connectivity index (χ1v) is 21.1. The first kappa shape index (κ1) is 40.9. The summed E-state index contributed by atoms with van der Waals surface area (Å²) in [6.45, 7) is 0. The number of fused-ring (bicyclic) bond motifs is 3. The Labute approximate surface area is 359 Å². The largest absolute Gasteiger partial charge is 0.668 e. The fourth-order valence-corrected chi connectivity index (χ4v) is 10.8. The van der Waals surface area contributed by atoms with Crippen molar-refractivity contribution in [1.29, 1.82) is 0 Å². The molecule has 2 aliphatic carbocycles. The maximum atomic E-state index is 15.9. The van der Waals surface area contributed by atoms with E-state index < -0.39 is 41.1 Å². The lowest BCUT2D eigenvalue weighted by atomic mass is 9.58.